The van der Waals surface area contributed by atoms with Crippen molar-refractivity contribution in [3.63, 3.8) is 0 Å². The van der Waals surface area contributed by atoms with Gasteiger partial charge in [-0.2, -0.15) is 0 Å². The van der Waals surface area contributed by atoms with Gasteiger partial charge in [0.25, 0.3) is 0 Å². The number of amides is 4. The molecular formula is C29H48N4O4. The Bertz CT molecular complexity index is 658. The maximum absolute atomic E-state index is 13.0. The number of carbonyl (C=O) groups excluding carboxylic acids is 4. The van der Waals surface area contributed by atoms with Gasteiger partial charge in [-0.3, -0.25) is 19.2 Å². The second-order valence-electron chi connectivity index (χ2n) is 12.3. The number of rotatable bonds is 12. The molecule has 4 fully saturated rings. The molecule has 8 nitrogen and oxygen atoms in total. The van der Waals surface area contributed by atoms with Crippen LogP contribution in [0.15, 0.2) is 0 Å². The average molecular weight is 517 g/mol. The Morgan fingerprint density at radius 1 is 0.405 bits per heavy atom. The van der Waals surface area contributed by atoms with Crippen molar-refractivity contribution < 1.29 is 19.2 Å². The maximum Gasteiger partial charge on any atom is 0.223 e. The Hall–Kier alpha value is -2.12. The van der Waals surface area contributed by atoms with E-state index < -0.39 is 5.41 Å². The van der Waals surface area contributed by atoms with Gasteiger partial charge >= 0.3 is 0 Å². The fraction of sp³-hybridized carbons (Fsp3) is 0.862. The van der Waals surface area contributed by atoms with Gasteiger partial charge in [-0.1, -0.05) is 51.4 Å². The molecule has 0 heterocycles. The van der Waals surface area contributed by atoms with Crippen molar-refractivity contribution in [1.82, 2.24) is 21.3 Å². The van der Waals surface area contributed by atoms with Gasteiger partial charge in [-0.05, 0) is 51.4 Å². The van der Waals surface area contributed by atoms with Crippen LogP contribution >= 0.6 is 0 Å². The van der Waals surface area contributed by atoms with E-state index in [9.17, 15) is 19.2 Å². The summed E-state index contributed by atoms with van der Waals surface area (Å²) in [5.74, 6) is 0.334. The van der Waals surface area contributed by atoms with Gasteiger partial charge in [-0.25, -0.2) is 0 Å². The third kappa shape index (κ3) is 7.93. The van der Waals surface area contributed by atoms with E-state index in [1.54, 1.807) is 0 Å². The van der Waals surface area contributed by atoms with Crippen molar-refractivity contribution in [2.75, 3.05) is 26.2 Å². The van der Waals surface area contributed by atoms with Crippen LogP contribution in [-0.4, -0.2) is 49.8 Å². The van der Waals surface area contributed by atoms with Crippen molar-refractivity contribution in [1.29, 1.82) is 0 Å². The standard InChI is InChI=1S/C29H48N4O4/c34-25(21-9-1-2-10-21)30-17-29(18-31-26(35)22-11-3-4-12-22,19-32-27(36)23-13-5-6-14-23)20-33-28(37)24-15-7-8-16-24/h21-24H,1-20H2,(H,30,34)(H,31,35)(H,32,36)(H,33,37). The minimum atomic E-state index is -0.689. The first kappa shape index (κ1) is 27.9. The molecule has 4 aliphatic rings. The Labute approximate surface area is 222 Å². The highest BCUT2D eigenvalue weighted by Crippen LogP contribution is 2.28. The summed E-state index contributed by atoms with van der Waals surface area (Å²) in [5, 5.41) is 12.6. The zero-order valence-electron chi connectivity index (χ0n) is 22.6. The van der Waals surface area contributed by atoms with E-state index in [0.29, 0.717) is 26.2 Å². The molecule has 0 aromatic rings. The summed E-state index contributed by atoms with van der Waals surface area (Å²) in [4.78, 5) is 51.8. The van der Waals surface area contributed by atoms with Gasteiger partial charge in [0, 0.05) is 55.3 Å². The second-order valence-corrected chi connectivity index (χ2v) is 12.3. The van der Waals surface area contributed by atoms with Crippen molar-refractivity contribution in [3.05, 3.63) is 0 Å². The predicted octanol–water partition coefficient (Wildman–Crippen LogP) is 3.20. The van der Waals surface area contributed by atoms with E-state index in [1.165, 1.54) is 0 Å². The monoisotopic (exact) mass is 516 g/mol. The van der Waals surface area contributed by atoms with Crippen LogP contribution in [0, 0.1) is 29.1 Å². The highest BCUT2D eigenvalue weighted by atomic mass is 16.2. The molecule has 4 aliphatic carbocycles. The number of carbonyl (C=O) groups is 4. The Balaban J connectivity index is 1.46. The van der Waals surface area contributed by atoms with E-state index >= 15 is 0 Å². The summed E-state index contributed by atoms with van der Waals surface area (Å²) in [7, 11) is 0. The highest BCUT2D eigenvalue weighted by Gasteiger charge is 2.37. The molecule has 4 rings (SSSR count). The smallest absolute Gasteiger partial charge is 0.223 e. The molecule has 0 radical (unpaired) electrons. The minimum Gasteiger partial charge on any atom is -0.355 e. The molecule has 0 aromatic carbocycles. The predicted molar refractivity (Wildman–Crippen MR) is 142 cm³/mol. The summed E-state index contributed by atoms with van der Waals surface area (Å²) in [6.45, 7) is 1.23. The Morgan fingerprint density at radius 3 is 0.784 bits per heavy atom. The van der Waals surface area contributed by atoms with Crippen LogP contribution in [0.2, 0.25) is 0 Å². The van der Waals surface area contributed by atoms with E-state index in [-0.39, 0.29) is 47.3 Å². The maximum atomic E-state index is 13.0. The first-order valence-electron chi connectivity index (χ1n) is 15.1. The summed E-state index contributed by atoms with van der Waals surface area (Å²) in [5.41, 5.74) is -0.689. The lowest BCUT2D eigenvalue weighted by atomic mass is 9.85. The second kappa shape index (κ2) is 13.6. The van der Waals surface area contributed by atoms with E-state index in [1.807, 2.05) is 0 Å². The van der Waals surface area contributed by atoms with E-state index in [4.69, 9.17) is 0 Å². The third-order valence-corrected chi connectivity index (χ3v) is 9.45. The fourth-order valence-electron chi connectivity index (χ4n) is 6.80. The fourth-order valence-corrected chi connectivity index (χ4v) is 6.80. The normalized spacial score (nSPS) is 21.8. The molecule has 8 heteroatoms. The zero-order valence-corrected chi connectivity index (χ0v) is 22.6. The quantitative estimate of drug-likeness (QED) is 0.319. The SMILES string of the molecule is O=C(NCC(CNC(=O)C1CCCC1)(CNC(=O)C1CCCC1)CNC(=O)C1CCCC1)C1CCCC1. The summed E-state index contributed by atoms with van der Waals surface area (Å²) >= 11 is 0. The summed E-state index contributed by atoms with van der Waals surface area (Å²) in [6, 6.07) is 0. The van der Waals surface area contributed by atoms with Gasteiger partial charge in [-0.15, -0.1) is 0 Å². The van der Waals surface area contributed by atoms with Crippen LogP contribution in [0.5, 0.6) is 0 Å². The van der Waals surface area contributed by atoms with Crippen LogP contribution in [0.1, 0.15) is 103 Å². The lowest BCUT2D eigenvalue weighted by Crippen LogP contribution is -2.58. The van der Waals surface area contributed by atoms with Crippen molar-refractivity contribution in [2.45, 2.75) is 103 Å². The van der Waals surface area contributed by atoms with Crippen molar-refractivity contribution in [3.8, 4) is 0 Å². The molecule has 0 unspecified atom stereocenters. The lowest BCUT2D eigenvalue weighted by Gasteiger charge is -2.36. The van der Waals surface area contributed by atoms with E-state index in [2.05, 4.69) is 21.3 Å². The molecule has 37 heavy (non-hydrogen) atoms. The van der Waals surface area contributed by atoms with Crippen LogP contribution in [0.4, 0.5) is 0 Å². The average Bonchev–Trinajstić information content (AvgIpc) is 3.74. The van der Waals surface area contributed by atoms with E-state index in [0.717, 1.165) is 103 Å². The molecule has 4 saturated carbocycles. The van der Waals surface area contributed by atoms with Crippen LogP contribution in [-0.2, 0) is 19.2 Å². The van der Waals surface area contributed by atoms with Crippen LogP contribution in [0.25, 0.3) is 0 Å². The molecule has 0 atom stereocenters. The topological polar surface area (TPSA) is 116 Å². The minimum absolute atomic E-state index is 0.0342. The molecule has 0 spiro atoms. The third-order valence-electron chi connectivity index (χ3n) is 9.45. The van der Waals surface area contributed by atoms with Gasteiger partial charge < -0.3 is 21.3 Å². The van der Waals surface area contributed by atoms with Crippen molar-refractivity contribution >= 4 is 23.6 Å². The van der Waals surface area contributed by atoms with Crippen molar-refractivity contribution in [2.24, 2.45) is 29.1 Å². The first-order chi connectivity index (χ1) is 18.0. The molecule has 0 aliphatic heterocycles. The van der Waals surface area contributed by atoms with Crippen LogP contribution in [0.3, 0.4) is 0 Å². The summed E-state index contributed by atoms with van der Waals surface area (Å²) < 4.78 is 0. The molecule has 208 valence electrons. The highest BCUT2D eigenvalue weighted by molar-refractivity contribution is 5.81. The number of hydrogen-bond acceptors (Lipinski definition) is 4. The molecule has 4 N–H and O–H groups in total. The molecule has 0 bridgehead atoms. The van der Waals surface area contributed by atoms with Gasteiger partial charge in [0.2, 0.25) is 23.6 Å². The number of nitrogens with one attached hydrogen (secondary N) is 4. The molecule has 0 saturated heterocycles. The van der Waals surface area contributed by atoms with Gasteiger partial charge in [0.1, 0.15) is 0 Å². The lowest BCUT2D eigenvalue weighted by molar-refractivity contribution is -0.125. The molecule has 4 amide bonds. The van der Waals surface area contributed by atoms with Crippen LogP contribution < -0.4 is 21.3 Å². The Morgan fingerprint density at radius 2 is 0.595 bits per heavy atom. The number of hydrogen-bond donors (Lipinski definition) is 4. The Kier molecular flexibility index (Phi) is 10.3. The summed E-state index contributed by atoms with van der Waals surface area (Å²) in [6.07, 6.45) is 15.9. The van der Waals surface area contributed by atoms with Gasteiger partial charge in [0.05, 0.1) is 0 Å². The molecular weight excluding hydrogens is 468 g/mol. The molecule has 0 aromatic heterocycles. The van der Waals surface area contributed by atoms with Gasteiger partial charge in [0.15, 0.2) is 0 Å². The zero-order chi connectivity index (χ0) is 26.1. The largest absolute Gasteiger partial charge is 0.355 e. The first-order valence-corrected chi connectivity index (χ1v) is 15.1.